The molecule has 164 valence electrons. The molecule has 0 N–H and O–H groups in total. The summed E-state index contributed by atoms with van der Waals surface area (Å²) in [7, 11) is -4.00. The summed E-state index contributed by atoms with van der Waals surface area (Å²) in [5, 5.41) is 0.327. The lowest BCUT2D eigenvalue weighted by Gasteiger charge is -2.36. The Bertz CT molecular complexity index is 1230. The van der Waals surface area contributed by atoms with Crippen LogP contribution >= 0.6 is 0 Å². The van der Waals surface area contributed by atoms with Crippen molar-refractivity contribution in [2.45, 2.75) is 37.1 Å². The first-order valence-corrected chi connectivity index (χ1v) is 12.0. The largest absolute Gasteiger partial charge is 0.368 e. The molecule has 8 heteroatoms. The van der Waals surface area contributed by atoms with E-state index in [9.17, 15) is 17.2 Å². The van der Waals surface area contributed by atoms with Gasteiger partial charge in [0.1, 0.15) is 0 Å². The van der Waals surface area contributed by atoms with Crippen LogP contribution in [0.15, 0.2) is 53.6 Å². The molecule has 0 amide bonds. The Morgan fingerprint density at radius 3 is 2.35 bits per heavy atom. The molecule has 5 nitrogen and oxygen atoms in total. The van der Waals surface area contributed by atoms with E-state index >= 15 is 0 Å². The topological polar surface area (TPSA) is 45.6 Å². The summed E-state index contributed by atoms with van der Waals surface area (Å²) in [5.41, 5.74) is 1.52. The fourth-order valence-corrected chi connectivity index (χ4v) is 6.03. The molecule has 3 aromatic rings. The number of nitrogens with zero attached hydrogens (tertiary/aromatic N) is 3. The van der Waals surface area contributed by atoms with Crippen molar-refractivity contribution in [2.24, 2.45) is 0 Å². The van der Waals surface area contributed by atoms with Gasteiger partial charge in [0, 0.05) is 55.1 Å². The number of benzene rings is 2. The van der Waals surface area contributed by atoms with Gasteiger partial charge < -0.3 is 4.90 Å². The number of hydrogen-bond acceptors (Lipinski definition) is 4. The summed E-state index contributed by atoms with van der Waals surface area (Å²) < 4.78 is 55.8. The van der Waals surface area contributed by atoms with Gasteiger partial charge in [-0.05, 0) is 49.6 Å². The molecule has 2 aromatic carbocycles. The van der Waals surface area contributed by atoms with Crippen LogP contribution in [-0.4, -0.2) is 49.5 Å². The second kappa shape index (κ2) is 7.60. The van der Waals surface area contributed by atoms with E-state index in [-0.39, 0.29) is 10.5 Å². The highest BCUT2D eigenvalue weighted by Gasteiger charge is 2.32. The van der Waals surface area contributed by atoms with Gasteiger partial charge in [-0.3, -0.25) is 4.90 Å². The number of rotatable bonds is 5. The van der Waals surface area contributed by atoms with Crippen molar-refractivity contribution in [2.75, 3.05) is 31.1 Å². The maximum absolute atomic E-state index is 14.1. The summed E-state index contributed by atoms with van der Waals surface area (Å²) in [6, 6.07) is 12.4. The van der Waals surface area contributed by atoms with E-state index in [1.165, 1.54) is 18.9 Å². The molecule has 0 radical (unpaired) electrons. The van der Waals surface area contributed by atoms with Gasteiger partial charge >= 0.3 is 0 Å². The molecule has 0 spiro atoms. The second-order valence-electron chi connectivity index (χ2n) is 8.43. The van der Waals surface area contributed by atoms with Crippen LogP contribution in [0.1, 0.15) is 30.4 Å². The molecule has 1 aliphatic carbocycles. The zero-order valence-corrected chi connectivity index (χ0v) is 18.2. The minimum atomic E-state index is -4.00. The molecule has 31 heavy (non-hydrogen) atoms. The first-order chi connectivity index (χ1) is 14.9. The predicted octanol–water partition coefficient (Wildman–Crippen LogP) is 4.41. The lowest BCUT2D eigenvalue weighted by atomic mass is 10.1. The molecule has 0 unspecified atom stereocenters. The van der Waals surface area contributed by atoms with Crippen molar-refractivity contribution in [1.29, 1.82) is 0 Å². The zero-order chi connectivity index (χ0) is 21.8. The Hall–Kier alpha value is -2.45. The maximum Gasteiger partial charge on any atom is 0.268 e. The Balaban J connectivity index is 1.61. The fraction of sp³-hybridized carbons (Fsp3) is 0.391. The SMILES string of the molecule is Cc1cccc(S(=O)(=O)n2cc(C(F)F)c3c(N4CCN(C5CC5)CC4)cccc32)c1. The third kappa shape index (κ3) is 3.61. The highest BCUT2D eigenvalue weighted by molar-refractivity contribution is 7.90. The third-order valence-corrected chi connectivity index (χ3v) is 7.97. The van der Waals surface area contributed by atoms with Crippen LogP contribution in [0, 0.1) is 6.92 Å². The van der Waals surface area contributed by atoms with Gasteiger partial charge in [-0.15, -0.1) is 0 Å². The standard InChI is InChI=1S/C23H25F2N3O2S/c1-16-4-2-5-18(14-16)31(29,30)28-15-19(23(24)25)22-20(6-3-7-21(22)28)27-12-10-26(11-13-27)17-8-9-17/h2-7,14-15,17,23H,8-13H2,1H3. The number of piperazine rings is 1. The highest BCUT2D eigenvalue weighted by atomic mass is 32.2. The number of hydrogen-bond donors (Lipinski definition) is 0. The van der Waals surface area contributed by atoms with E-state index in [0.717, 1.165) is 41.9 Å². The monoisotopic (exact) mass is 445 g/mol. The van der Waals surface area contributed by atoms with E-state index in [2.05, 4.69) is 9.80 Å². The summed E-state index contributed by atoms with van der Waals surface area (Å²) >= 11 is 0. The second-order valence-corrected chi connectivity index (χ2v) is 10.2. The molecule has 2 fully saturated rings. The van der Waals surface area contributed by atoms with Crippen molar-refractivity contribution in [3.63, 3.8) is 0 Å². The van der Waals surface area contributed by atoms with Crippen molar-refractivity contribution >= 4 is 26.6 Å². The van der Waals surface area contributed by atoms with Crippen molar-refractivity contribution < 1.29 is 17.2 Å². The quantitative estimate of drug-likeness (QED) is 0.584. The summed E-state index contributed by atoms with van der Waals surface area (Å²) in [4.78, 5) is 4.66. The Morgan fingerprint density at radius 2 is 1.71 bits per heavy atom. The van der Waals surface area contributed by atoms with Crippen LogP contribution in [0.25, 0.3) is 10.9 Å². The van der Waals surface area contributed by atoms with Gasteiger partial charge in [0.05, 0.1) is 10.4 Å². The van der Waals surface area contributed by atoms with Crippen LogP contribution in [-0.2, 0) is 10.0 Å². The van der Waals surface area contributed by atoms with Crippen LogP contribution in [0.2, 0.25) is 0 Å². The van der Waals surface area contributed by atoms with Gasteiger partial charge in [-0.25, -0.2) is 21.2 Å². The van der Waals surface area contributed by atoms with Crippen molar-refractivity contribution in [1.82, 2.24) is 8.87 Å². The molecule has 1 saturated heterocycles. The summed E-state index contributed by atoms with van der Waals surface area (Å²) in [5.74, 6) is 0. The number of halogens is 2. The zero-order valence-electron chi connectivity index (χ0n) is 17.3. The Labute approximate surface area is 180 Å². The Kier molecular flexibility index (Phi) is 5.01. The number of alkyl halides is 2. The van der Waals surface area contributed by atoms with Crippen LogP contribution in [0.4, 0.5) is 14.5 Å². The van der Waals surface area contributed by atoms with Gasteiger partial charge in [0.2, 0.25) is 0 Å². The first-order valence-electron chi connectivity index (χ1n) is 10.6. The molecule has 5 rings (SSSR count). The van der Waals surface area contributed by atoms with Gasteiger partial charge in [0.15, 0.2) is 0 Å². The van der Waals surface area contributed by atoms with E-state index in [1.807, 2.05) is 6.07 Å². The molecule has 2 heterocycles. The highest BCUT2D eigenvalue weighted by Crippen LogP contribution is 2.39. The number of anilines is 1. The van der Waals surface area contributed by atoms with Crippen molar-refractivity contribution in [3.05, 3.63) is 59.8 Å². The van der Waals surface area contributed by atoms with E-state index < -0.39 is 16.4 Å². The van der Waals surface area contributed by atoms with Crippen LogP contribution in [0.5, 0.6) is 0 Å². The molecule has 2 aliphatic rings. The average Bonchev–Trinajstić information content (AvgIpc) is 3.52. The predicted molar refractivity (Wildman–Crippen MR) is 117 cm³/mol. The van der Waals surface area contributed by atoms with Gasteiger partial charge in [-0.1, -0.05) is 18.2 Å². The molecular weight excluding hydrogens is 420 g/mol. The minimum absolute atomic E-state index is 0.0914. The van der Waals surface area contributed by atoms with Crippen LogP contribution < -0.4 is 4.90 Å². The lowest BCUT2D eigenvalue weighted by molar-refractivity contribution is 0.153. The van der Waals surface area contributed by atoms with Gasteiger partial charge in [0.25, 0.3) is 16.4 Å². The number of aryl methyl sites for hydroxylation is 1. The molecular formula is C23H25F2N3O2S. The van der Waals surface area contributed by atoms with E-state index in [4.69, 9.17) is 0 Å². The Morgan fingerprint density at radius 1 is 1.00 bits per heavy atom. The number of aromatic nitrogens is 1. The van der Waals surface area contributed by atoms with E-state index in [0.29, 0.717) is 22.6 Å². The molecule has 1 saturated carbocycles. The van der Waals surface area contributed by atoms with Gasteiger partial charge in [-0.2, -0.15) is 0 Å². The smallest absolute Gasteiger partial charge is 0.268 e. The molecule has 1 aliphatic heterocycles. The molecule has 1 aromatic heterocycles. The first kappa shape index (κ1) is 20.5. The molecule has 0 atom stereocenters. The lowest BCUT2D eigenvalue weighted by Crippen LogP contribution is -2.47. The van der Waals surface area contributed by atoms with Crippen molar-refractivity contribution in [3.8, 4) is 0 Å². The normalized spacial score (nSPS) is 18.3. The fourth-order valence-electron chi connectivity index (χ4n) is 4.55. The minimum Gasteiger partial charge on any atom is -0.368 e. The average molecular weight is 446 g/mol. The van der Waals surface area contributed by atoms with Crippen LogP contribution in [0.3, 0.4) is 0 Å². The maximum atomic E-state index is 14.1. The molecule has 0 bridgehead atoms. The third-order valence-electron chi connectivity index (χ3n) is 6.30. The summed E-state index contributed by atoms with van der Waals surface area (Å²) in [6.07, 6.45) is 0.803. The summed E-state index contributed by atoms with van der Waals surface area (Å²) in [6.45, 7) is 5.08. The number of fused-ring (bicyclic) bond motifs is 1. The van der Waals surface area contributed by atoms with E-state index in [1.54, 1.807) is 37.3 Å².